The number of nitrogens with zero attached hydrogens (tertiary/aromatic N) is 1. The summed E-state index contributed by atoms with van der Waals surface area (Å²) in [5.41, 5.74) is 3.92. The van der Waals surface area contributed by atoms with Gasteiger partial charge in [-0.3, -0.25) is 4.79 Å². The Bertz CT molecular complexity index is 1450. The molecule has 0 aliphatic carbocycles. The van der Waals surface area contributed by atoms with Crippen molar-refractivity contribution >= 4 is 29.3 Å². The third kappa shape index (κ3) is 6.75. The van der Waals surface area contributed by atoms with Gasteiger partial charge in [-0.2, -0.15) is 0 Å². The fraction of sp³-hybridized carbons (Fsp3) is 0.194. The van der Waals surface area contributed by atoms with Crippen molar-refractivity contribution in [3.05, 3.63) is 125 Å². The van der Waals surface area contributed by atoms with Crippen LogP contribution in [-0.4, -0.2) is 38.9 Å². The van der Waals surface area contributed by atoms with Gasteiger partial charge in [0, 0.05) is 35.2 Å². The molecule has 0 unspecified atom stereocenters. The molecule has 1 saturated heterocycles. The molecule has 0 spiro atoms. The van der Waals surface area contributed by atoms with E-state index in [1.165, 1.54) is 17.8 Å². The first-order chi connectivity index (χ1) is 19.5. The predicted molar refractivity (Wildman–Crippen MR) is 151 cm³/mol. The zero-order valence-corrected chi connectivity index (χ0v) is 22.3. The molecule has 40 heavy (non-hydrogen) atoms. The van der Waals surface area contributed by atoms with E-state index >= 15 is 0 Å². The average molecular weight is 557 g/mol. The van der Waals surface area contributed by atoms with Gasteiger partial charge in [-0.15, -0.1) is 11.8 Å². The molecule has 1 amide bonds. The molecule has 3 aromatic carbocycles. The zero-order chi connectivity index (χ0) is 27.9. The number of carboxylic acid groups (broad SMARTS) is 1. The van der Waals surface area contributed by atoms with Gasteiger partial charge in [0.15, 0.2) is 6.29 Å². The number of ether oxygens (including phenoxy) is 2. The molecule has 0 bridgehead atoms. The molecular weight excluding hydrogens is 528 g/mol. The molecule has 0 saturated carbocycles. The Hall–Kier alpha value is -4.02. The maximum atomic E-state index is 12.5. The minimum absolute atomic E-state index is 0.0417. The summed E-state index contributed by atoms with van der Waals surface area (Å²) in [5.74, 6) is -0.743. The molecule has 204 valence electrons. The van der Waals surface area contributed by atoms with E-state index in [1.54, 1.807) is 36.5 Å². The second kappa shape index (κ2) is 12.9. The van der Waals surface area contributed by atoms with Crippen LogP contribution < -0.4 is 5.32 Å². The van der Waals surface area contributed by atoms with E-state index in [2.05, 4.69) is 10.3 Å². The standard InChI is InChI=1S/C31H28N2O6S/c34-18-20-8-10-21(11-9-20)27-17-25(19-40-29-26(30(36)37)7-4-16-32-29)38-31(39-27)23-12-14-24(15-13-23)33-28(35)22-5-2-1-3-6-22/h1-16,25,27,31,34H,17-19H2,(H,33,35)(H,36,37)/t25-,27+,31+/m0/s1. The lowest BCUT2D eigenvalue weighted by atomic mass is 10.0. The number of hydrogen-bond donors (Lipinski definition) is 3. The molecule has 2 heterocycles. The van der Waals surface area contributed by atoms with E-state index in [9.17, 15) is 19.8 Å². The lowest BCUT2D eigenvalue weighted by molar-refractivity contribution is -0.245. The van der Waals surface area contributed by atoms with Crippen molar-refractivity contribution in [3.63, 3.8) is 0 Å². The van der Waals surface area contributed by atoms with Crippen LogP contribution in [0.15, 0.2) is 102 Å². The molecule has 1 aliphatic heterocycles. The Morgan fingerprint density at radius 3 is 2.33 bits per heavy atom. The number of hydrogen-bond acceptors (Lipinski definition) is 7. The number of carboxylic acids is 1. The number of pyridine rings is 1. The number of carbonyl (C=O) groups excluding carboxylic acids is 1. The molecule has 1 aliphatic rings. The number of carbonyl (C=O) groups is 2. The summed E-state index contributed by atoms with van der Waals surface area (Å²) in [7, 11) is 0. The van der Waals surface area contributed by atoms with Crippen molar-refractivity contribution in [2.45, 2.75) is 36.6 Å². The highest BCUT2D eigenvalue weighted by atomic mass is 32.2. The first-order valence-electron chi connectivity index (χ1n) is 12.8. The maximum Gasteiger partial charge on any atom is 0.338 e. The van der Waals surface area contributed by atoms with Crippen LogP contribution >= 0.6 is 11.8 Å². The summed E-state index contributed by atoms with van der Waals surface area (Å²) in [6.07, 6.45) is 0.919. The highest BCUT2D eigenvalue weighted by Crippen LogP contribution is 2.39. The van der Waals surface area contributed by atoms with Crippen molar-refractivity contribution in [2.75, 3.05) is 11.1 Å². The number of thioether (sulfide) groups is 1. The van der Waals surface area contributed by atoms with E-state index < -0.39 is 12.3 Å². The third-order valence-electron chi connectivity index (χ3n) is 6.50. The molecule has 3 N–H and O–H groups in total. The Morgan fingerprint density at radius 1 is 0.900 bits per heavy atom. The van der Waals surface area contributed by atoms with Gasteiger partial charge in [-0.05, 0) is 47.5 Å². The van der Waals surface area contributed by atoms with Crippen LogP contribution in [0.2, 0.25) is 0 Å². The number of nitrogens with one attached hydrogen (secondary N) is 1. The Labute approximate surface area is 236 Å². The number of aromatic carboxylic acids is 1. The number of amides is 1. The van der Waals surface area contributed by atoms with Crippen LogP contribution in [0.3, 0.4) is 0 Å². The zero-order valence-electron chi connectivity index (χ0n) is 21.5. The molecule has 3 atom stereocenters. The summed E-state index contributed by atoms with van der Waals surface area (Å²) < 4.78 is 12.7. The van der Waals surface area contributed by atoms with Crippen LogP contribution in [0.1, 0.15) is 56.2 Å². The van der Waals surface area contributed by atoms with Gasteiger partial charge >= 0.3 is 5.97 Å². The summed E-state index contributed by atoms with van der Waals surface area (Å²) in [5, 5.41) is 22.3. The number of rotatable bonds is 9. The van der Waals surface area contributed by atoms with Gasteiger partial charge in [0.05, 0.1) is 24.4 Å². The van der Waals surface area contributed by atoms with E-state index in [0.717, 1.165) is 16.7 Å². The largest absolute Gasteiger partial charge is 0.478 e. The van der Waals surface area contributed by atoms with E-state index in [-0.39, 0.29) is 30.3 Å². The van der Waals surface area contributed by atoms with E-state index in [0.29, 0.717) is 28.5 Å². The first kappa shape index (κ1) is 27.5. The summed E-state index contributed by atoms with van der Waals surface area (Å²) in [6.45, 7) is -0.0417. The minimum Gasteiger partial charge on any atom is -0.478 e. The predicted octanol–water partition coefficient (Wildman–Crippen LogP) is 5.86. The third-order valence-corrected chi connectivity index (χ3v) is 7.64. The number of aliphatic hydroxyl groups is 1. The van der Waals surface area contributed by atoms with Crippen molar-refractivity contribution in [1.82, 2.24) is 4.98 Å². The fourth-order valence-corrected chi connectivity index (χ4v) is 5.38. The normalized spacial score (nSPS) is 18.7. The van der Waals surface area contributed by atoms with Crippen molar-refractivity contribution in [1.29, 1.82) is 0 Å². The molecule has 1 aromatic heterocycles. The van der Waals surface area contributed by atoms with Gasteiger partial charge in [-0.1, -0.05) is 54.6 Å². The molecule has 4 aromatic rings. The average Bonchev–Trinajstić information content (AvgIpc) is 3.01. The molecule has 1 fully saturated rings. The summed E-state index contributed by atoms with van der Waals surface area (Å²) >= 11 is 1.34. The second-order valence-electron chi connectivity index (χ2n) is 9.26. The lowest BCUT2D eigenvalue weighted by Crippen LogP contribution is -2.31. The van der Waals surface area contributed by atoms with Crippen molar-refractivity contribution in [3.8, 4) is 0 Å². The van der Waals surface area contributed by atoms with Gasteiger partial charge < -0.3 is 25.0 Å². The quantitative estimate of drug-likeness (QED) is 0.219. The number of aromatic nitrogens is 1. The minimum atomic E-state index is -1.03. The topological polar surface area (TPSA) is 118 Å². The SMILES string of the molecule is O=C(Nc1ccc([C@@H]2O[C@H](CSc3ncccc3C(=O)O)C[C@H](c3ccc(CO)cc3)O2)cc1)c1ccccc1. The molecule has 0 radical (unpaired) electrons. The molecule has 5 rings (SSSR count). The monoisotopic (exact) mass is 556 g/mol. The summed E-state index contributed by atoms with van der Waals surface area (Å²) in [6, 6.07) is 27.1. The van der Waals surface area contributed by atoms with Crippen LogP contribution in [-0.2, 0) is 16.1 Å². The molecule has 9 heteroatoms. The second-order valence-corrected chi connectivity index (χ2v) is 10.3. The molecular formula is C31H28N2O6S. The van der Waals surface area contributed by atoms with Gasteiger partial charge in [0.1, 0.15) is 5.03 Å². The van der Waals surface area contributed by atoms with E-state index in [1.807, 2.05) is 54.6 Å². The first-order valence-corrected chi connectivity index (χ1v) is 13.8. The smallest absolute Gasteiger partial charge is 0.338 e. The van der Waals surface area contributed by atoms with Crippen molar-refractivity contribution in [2.24, 2.45) is 0 Å². The van der Waals surface area contributed by atoms with Crippen LogP contribution in [0.5, 0.6) is 0 Å². The van der Waals surface area contributed by atoms with Gasteiger partial charge in [-0.25, -0.2) is 9.78 Å². The summed E-state index contributed by atoms with van der Waals surface area (Å²) in [4.78, 5) is 28.4. The number of benzene rings is 3. The maximum absolute atomic E-state index is 12.5. The number of aliphatic hydroxyl groups excluding tert-OH is 1. The lowest BCUT2D eigenvalue weighted by Gasteiger charge is -2.36. The van der Waals surface area contributed by atoms with Crippen LogP contribution in [0, 0.1) is 0 Å². The Balaban J connectivity index is 1.33. The van der Waals surface area contributed by atoms with Crippen LogP contribution in [0.4, 0.5) is 5.69 Å². The Morgan fingerprint density at radius 2 is 1.62 bits per heavy atom. The van der Waals surface area contributed by atoms with E-state index in [4.69, 9.17) is 9.47 Å². The van der Waals surface area contributed by atoms with Crippen LogP contribution in [0.25, 0.3) is 0 Å². The van der Waals surface area contributed by atoms with Gasteiger partial charge in [0.2, 0.25) is 0 Å². The molecule has 8 nitrogen and oxygen atoms in total. The van der Waals surface area contributed by atoms with Gasteiger partial charge in [0.25, 0.3) is 5.91 Å². The fourth-order valence-electron chi connectivity index (χ4n) is 4.38. The van der Waals surface area contributed by atoms with Crippen molar-refractivity contribution < 1.29 is 29.3 Å². The Kier molecular flexibility index (Phi) is 8.87. The number of anilines is 1. The highest BCUT2D eigenvalue weighted by Gasteiger charge is 2.32. The highest BCUT2D eigenvalue weighted by molar-refractivity contribution is 7.99.